The van der Waals surface area contributed by atoms with Crippen LogP contribution in [-0.2, 0) is 16.3 Å². The topological polar surface area (TPSA) is 46.9 Å². The van der Waals surface area contributed by atoms with Crippen molar-refractivity contribution in [1.82, 2.24) is 9.78 Å². The van der Waals surface area contributed by atoms with E-state index in [0.29, 0.717) is 6.42 Å². The molecule has 2 heterocycles. The molecule has 1 fully saturated rings. The van der Waals surface area contributed by atoms with E-state index in [1.807, 2.05) is 16.4 Å². The number of thioether (sulfide) groups is 1. The van der Waals surface area contributed by atoms with Gasteiger partial charge in [-0.1, -0.05) is 38.2 Å². The SMILES string of the molecule is Cc1ccc(-n2nc3c(c2NC(=O)CCC2CCCCC2)CSC3)cc1C. The Labute approximate surface area is 166 Å². The van der Waals surface area contributed by atoms with Gasteiger partial charge in [0.05, 0.1) is 11.4 Å². The van der Waals surface area contributed by atoms with Gasteiger partial charge in [-0.25, -0.2) is 4.68 Å². The van der Waals surface area contributed by atoms with Crippen LogP contribution in [0.3, 0.4) is 0 Å². The van der Waals surface area contributed by atoms with E-state index in [2.05, 4.69) is 37.4 Å². The molecular formula is C22H29N3OS. The fraction of sp³-hybridized carbons (Fsp3) is 0.545. The normalized spacial score (nSPS) is 17.1. The van der Waals surface area contributed by atoms with E-state index in [9.17, 15) is 4.79 Å². The minimum absolute atomic E-state index is 0.130. The molecule has 27 heavy (non-hydrogen) atoms. The van der Waals surface area contributed by atoms with Gasteiger partial charge in [0.25, 0.3) is 0 Å². The van der Waals surface area contributed by atoms with Crippen molar-refractivity contribution in [3.8, 4) is 5.69 Å². The van der Waals surface area contributed by atoms with Crippen LogP contribution in [0.15, 0.2) is 18.2 Å². The third-order valence-corrected chi connectivity index (χ3v) is 7.02. The van der Waals surface area contributed by atoms with E-state index in [4.69, 9.17) is 5.10 Å². The van der Waals surface area contributed by atoms with E-state index >= 15 is 0 Å². The van der Waals surface area contributed by atoms with Crippen LogP contribution in [0.25, 0.3) is 5.69 Å². The van der Waals surface area contributed by atoms with Gasteiger partial charge in [-0.05, 0) is 49.4 Å². The standard InChI is InChI=1S/C22H29N3OS/c1-15-8-10-18(12-16(15)2)25-22(19-13-27-14-20(19)24-25)23-21(26)11-9-17-6-4-3-5-7-17/h8,10,12,17H,3-7,9,11,13-14H2,1-2H3,(H,23,26). The van der Waals surface area contributed by atoms with E-state index in [1.165, 1.54) is 48.8 Å². The maximum absolute atomic E-state index is 12.7. The summed E-state index contributed by atoms with van der Waals surface area (Å²) in [7, 11) is 0. The first kappa shape index (κ1) is 18.6. The minimum Gasteiger partial charge on any atom is -0.310 e. The molecule has 0 bridgehead atoms. The Morgan fingerprint density at radius 3 is 2.78 bits per heavy atom. The van der Waals surface area contributed by atoms with Crippen LogP contribution >= 0.6 is 11.8 Å². The van der Waals surface area contributed by atoms with Crippen molar-refractivity contribution in [2.45, 2.75) is 70.3 Å². The molecule has 2 aromatic rings. The second kappa shape index (κ2) is 8.09. The summed E-state index contributed by atoms with van der Waals surface area (Å²) in [4.78, 5) is 12.7. The summed E-state index contributed by atoms with van der Waals surface area (Å²) < 4.78 is 1.94. The maximum Gasteiger partial charge on any atom is 0.225 e. The number of carbonyl (C=O) groups excluding carboxylic acids is 1. The molecule has 1 aromatic heterocycles. The van der Waals surface area contributed by atoms with Crippen molar-refractivity contribution in [3.63, 3.8) is 0 Å². The predicted molar refractivity (Wildman–Crippen MR) is 112 cm³/mol. The summed E-state index contributed by atoms with van der Waals surface area (Å²) in [5, 5.41) is 8.03. The first-order chi connectivity index (χ1) is 13.1. The fourth-order valence-corrected chi connectivity index (χ4v) is 5.23. The molecule has 0 unspecified atom stereocenters. The number of nitrogens with one attached hydrogen (secondary N) is 1. The Morgan fingerprint density at radius 2 is 2.00 bits per heavy atom. The molecule has 1 saturated carbocycles. The van der Waals surface area contributed by atoms with E-state index in [-0.39, 0.29) is 5.91 Å². The Morgan fingerprint density at radius 1 is 1.19 bits per heavy atom. The summed E-state index contributed by atoms with van der Waals surface area (Å²) in [6, 6.07) is 6.37. The van der Waals surface area contributed by atoms with Gasteiger partial charge in [-0.2, -0.15) is 16.9 Å². The number of hydrogen-bond donors (Lipinski definition) is 1. The van der Waals surface area contributed by atoms with Gasteiger partial charge in [-0.3, -0.25) is 4.79 Å². The Balaban J connectivity index is 1.52. The smallest absolute Gasteiger partial charge is 0.225 e. The zero-order valence-corrected chi connectivity index (χ0v) is 17.2. The number of rotatable bonds is 5. The Bertz CT molecular complexity index is 836. The highest BCUT2D eigenvalue weighted by Gasteiger charge is 2.25. The zero-order chi connectivity index (χ0) is 18.8. The quantitative estimate of drug-likeness (QED) is 0.738. The van der Waals surface area contributed by atoms with Gasteiger partial charge >= 0.3 is 0 Å². The number of amides is 1. The molecule has 5 heteroatoms. The first-order valence-electron chi connectivity index (χ1n) is 10.2. The molecule has 144 valence electrons. The highest BCUT2D eigenvalue weighted by Crippen LogP contribution is 2.36. The van der Waals surface area contributed by atoms with E-state index in [0.717, 1.165) is 41.0 Å². The monoisotopic (exact) mass is 383 g/mol. The molecule has 0 atom stereocenters. The average Bonchev–Trinajstić information content (AvgIpc) is 3.26. The zero-order valence-electron chi connectivity index (χ0n) is 16.4. The first-order valence-corrected chi connectivity index (χ1v) is 11.3. The number of carbonyl (C=O) groups is 1. The van der Waals surface area contributed by atoms with Crippen molar-refractivity contribution in [3.05, 3.63) is 40.6 Å². The molecule has 0 saturated heterocycles. The second-order valence-electron chi connectivity index (χ2n) is 8.04. The molecular weight excluding hydrogens is 354 g/mol. The highest BCUT2D eigenvalue weighted by atomic mass is 32.2. The number of anilines is 1. The molecule has 1 N–H and O–H groups in total. The van der Waals surface area contributed by atoms with Crippen molar-refractivity contribution in [1.29, 1.82) is 0 Å². The third-order valence-electron chi connectivity index (χ3n) is 6.05. The van der Waals surface area contributed by atoms with Gasteiger partial charge in [-0.15, -0.1) is 0 Å². The lowest BCUT2D eigenvalue weighted by Crippen LogP contribution is -2.18. The van der Waals surface area contributed by atoms with Crippen molar-refractivity contribution >= 4 is 23.5 Å². The number of aromatic nitrogens is 2. The molecule has 4 nitrogen and oxygen atoms in total. The summed E-state index contributed by atoms with van der Waals surface area (Å²) in [6.07, 6.45) is 8.24. The van der Waals surface area contributed by atoms with Crippen LogP contribution in [0, 0.1) is 19.8 Å². The number of benzene rings is 1. The molecule has 0 spiro atoms. The fourth-order valence-electron chi connectivity index (χ4n) is 4.19. The molecule has 4 rings (SSSR count). The van der Waals surface area contributed by atoms with Gasteiger partial charge in [0.2, 0.25) is 5.91 Å². The van der Waals surface area contributed by atoms with Gasteiger partial charge in [0, 0.05) is 23.5 Å². The summed E-state index contributed by atoms with van der Waals surface area (Å²) in [5.41, 5.74) is 5.85. The number of nitrogens with zero attached hydrogens (tertiary/aromatic N) is 2. The van der Waals surface area contributed by atoms with Gasteiger partial charge in [0.1, 0.15) is 5.82 Å². The third kappa shape index (κ3) is 4.08. The minimum atomic E-state index is 0.130. The lowest BCUT2D eigenvalue weighted by atomic mass is 9.86. The van der Waals surface area contributed by atoms with Gasteiger partial charge in [0.15, 0.2) is 0 Å². The van der Waals surface area contributed by atoms with Crippen molar-refractivity contribution in [2.24, 2.45) is 5.92 Å². The van der Waals surface area contributed by atoms with E-state index in [1.54, 1.807) is 0 Å². The number of fused-ring (bicyclic) bond motifs is 1. The molecule has 2 aliphatic rings. The van der Waals surface area contributed by atoms with Crippen LogP contribution in [0.5, 0.6) is 0 Å². The summed E-state index contributed by atoms with van der Waals surface area (Å²) >= 11 is 1.87. The summed E-state index contributed by atoms with van der Waals surface area (Å²) in [6.45, 7) is 4.24. The van der Waals surface area contributed by atoms with Crippen molar-refractivity contribution < 1.29 is 4.79 Å². The van der Waals surface area contributed by atoms with Crippen LogP contribution < -0.4 is 5.32 Å². The highest BCUT2D eigenvalue weighted by molar-refractivity contribution is 7.98. The molecule has 1 aliphatic carbocycles. The number of aryl methyl sites for hydroxylation is 2. The lowest BCUT2D eigenvalue weighted by molar-refractivity contribution is -0.116. The molecule has 0 radical (unpaired) electrons. The summed E-state index contributed by atoms with van der Waals surface area (Å²) in [5.74, 6) is 3.60. The van der Waals surface area contributed by atoms with Crippen LogP contribution in [0.4, 0.5) is 5.82 Å². The second-order valence-corrected chi connectivity index (χ2v) is 9.02. The van der Waals surface area contributed by atoms with Gasteiger partial charge < -0.3 is 5.32 Å². The largest absolute Gasteiger partial charge is 0.310 e. The van der Waals surface area contributed by atoms with Crippen molar-refractivity contribution in [2.75, 3.05) is 5.32 Å². The number of hydrogen-bond acceptors (Lipinski definition) is 3. The predicted octanol–water partition coefficient (Wildman–Crippen LogP) is 5.53. The van der Waals surface area contributed by atoms with Crippen LogP contribution in [0.2, 0.25) is 0 Å². The average molecular weight is 384 g/mol. The van der Waals surface area contributed by atoms with Crippen LogP contribution in [-0.4, -0.2) is 15.7 Å². The lowest BCUT2D eigenvalue weighted by Gasteiger charge is -2.21. The van der Waals surface area contributed by atoms with Crippen LogP contribution in [0.1, 0.15) is 67.3 Å². The molecule has 1 amide bonds. The molecule has 1 aliphatic heterocycles. The van der Waals surface area contributed by atoms with E-state index < -0.39 is 0 Å². The molecule has 1 aromatic carbocycles. The Hall–Kier alpha value is -1.75. The Kier molecular flexibility index (Phi) is 5.58. The maximum atomic E-state index is 12.7.